The molecule has 0 aromatic heterocycles. The number of anilines is 1. The van der Waals surface area contributed by atoms with Crippen LogP contribution in [0.4, 0.5) is 5.69 Å². The van der Waals surface area contributed by atoms with Crippen LogP contribution in [-0.4, -0.2) is 62.3 Å². The molecule has 1 N–H and O–H groups in total. The fourth-order valence-corrected chi connectivity index (χ4v) is 5.04. The number of rotatable bonds is 12. The van der Waals surface area contributed by atoms with Gasteiger partial charge in [-0.1, -0.05) is 49.2 Å². The van der Waals surface area contributed by atoms with E-state index in [1.807, 2.05) is 25.2 Å². The number of nitrogens with zero attached hydrogens (tertiary/aromatic N) is 2. The Balaban J connectivity index is 1.81. The van der Waals surface area contributed by atoms with Crippen LogP contribution in [0, 0.1) is 0 Å². The monoisotopic (exact) mass is 556 g/mol. The summed E-state index contributed by atoms with van der Waals surface area (Å²) in [6.07, 6.45) is 7.53. The zero-order valence-corrected chi connectivity index (χ0v) is 24.2. The Morgan fingerprint density at radius 3 is 2.72 bits per heavy atom. The van der Waals surface area contributed by atoms with E-state index in [1.54, 1.807) is 17.9 Å². The van der Waals surface area contributed by atoms with Crippen molar-refractivity contribution in [1.29, 1.82) is 0 Å². The average Bonchev–Trinajstić information content (AvgIpc) is 3.10. The first-order valence-corrected chi connectivity index (χ1v) is 14.1. The van der Waals surface area contributed by atoms with Gasteiger partial charge in [-0.2, -0.15) is 0 Å². The number of esters is 1. The van der Waals surface area contributed by atoms with Gasteiger partial charge in [0.2, 0.25) is 5.91 Å². The van der Waals surface area contributed by atoms with E-state index in [0.717, 1.165) is 61.7 Å². The number of halogens is 1. The van der Waals surface area contributed by atoms with Gasteiger partial charge in [0.05, 0.1) is 19.4 Å². The Kier molecular flexibility index (Phi) is 11.7. The van der Waals surface area contributed by atoms with E-state index in [4.69, 9.17) is 21.1 Å². The molecule has 8 heteroatoms. The van der Waals surface area contributed by atoms with Gasteiger partial charge in [0.15, 0.2) is 6.10 Å². The Labute approximate surface area is 237 Å². The number of ether oxygens (including phenoxy) is 2. The number of aliphatic hydroxyl groups excluding tert-OH is 1. The van der Waals surface area contributed by atoms with Crippen molar-refractivity contribution in [1.82, 2.24) is 4.90 Å². The first kappa shape index (κ1) is 30.5. The zero-order chi connectivity index (χ0) is 28.4. The zero-order valence-electron chi connectivity index (χ0n) is 23.5. The van der Waals surface area contributed by atoms with Crippen molar-refractivity contribution in [2.75, 3.05) is 45.3 Å². The summed E-state index contributed by atoms with van der Waals surface area (Å²) in [7, 11) is 3.07. The van der Waals surface area contributed by atoms with Crippen LogP contribution in [0.2, 0.25) is 5.02 Å². The highest BCUT2D eigenvalue weighted by molar-refractivity contribution is 6.30. The molecule has 1 aliphatic rings. The lowest BCUT2D eigenvalue weighted by atomic mass is 9.92. The molecule has 2 aromatic carbocycles. The van der Waals surface area contributed by atoms with Gasteiger partial charge in [-0.05, 0) is 66.6 Å². The molecular formula is C31H41ClN2O5. The number of aliphatic hydroxyl groups is 1. The van der Waals surface area contributed by atoms with E-state index in [2.05, 4.69) is 36.1 Å². The summed E-state index contributed by atoms with van der Waals surface area (Å²) in [6, 6.07) is 11.5. The van der Waals surface area contributed by atoms with E-state index in [0.29, 0.717) is 18.7 Å². The number of amides is 1. The van der Waals surface area contributed by atoms with Crippen molar-refractivity contribution in [2.24, 2.45) is 0 Å². The van der Waals surface area contributed by atoms with E-state index in [-0.39, 0.29) is 11.8 Å². The Bertz CT molecular complexity index is 1150. The molecule has 2 atom stereocenters. The van der Waals surface area contributed by atoms with Crippen LogP contribution in [0.1, 0.15) is 68.2 Å². The smallest absolute Gasteiger partial charge is 0.339 e. The Hall–Kier alpha value is -3.03. The molecule has 1 amide bonds. The Morgan fingerprint density at radius 2 is 2.00 bits per heavy atom. The highest BCUT2D eigenvalue weighted by atomic mass is 35.5. The molecule has 0 bridgehead atoms. The van der Waals surface area contributed by atoms with Gasteiger partial charge in [-0.15, -0.1) is 0 Å². The molecule has 7 nitrogen and oxygen atoms in total. The number of carbonyl (C=O) groups excluding carboxylic acids is 2. The Morgan fingerprint density at radius 1 is 1.23 bits per heavy atom. The standard InChI is InChI=1S/C31H41ClN2O5/c1-5-11-23-18-26(32)13-14-27(23)25-20-34(17-10-8-6-7-9-16-33(3)22(2)35)28-19-24(30(36)31(37)38-4)12-15-29(28)39-21-25/h6-7,12-15,18-19,25,30,36H,5,8-11,16-17,20-21H2,1-4H3/b7-6-. The lowest BCUT2D eigenvalue weighted by molar-refractivity contribution is -0.150. The van der Waals surface area contributed by atoms with Gasteiger partial charge in [0, 0.05) is 44.5 Å². The summed E-state index contributed by atoms with van der Waals surface area (Å²) < 4.78 is 11.1. The minimum absolute atomic E-state index is 0.0690. The van der Waals surface area contributed by atoms with Crippen molar-refractivity contribution < 1.29 is 24.2 Å². The maximum atomic E-state index is 12.0. The summed E-state index contributed by atoms with van der Waals surface area (Å²) >= 11 is 6.33. The third-order valence-corrected chi connectivity index (χ3v) is 7.38. The number of hydrogen-bond acceptors (Lipinski definition) is 6. The number of benzene rings is 2. The quantitative estimate of drug-likeness (QED) is 0.206. The maximum absolute atomic E-state index is 12.0. The van der Waals surface area contributed by atoms with E-state index in [9.17, 15) is 14.7 Å². The summed E-state index contributed by atoms with van der Waals surface area (Å²) in [5.74, 6) is 0.231. The molecule has 2 unspecified atom stereocenters. The third kappa shape index (κ3) is 8.48. The predicted octanol–water partition coefficient (Wildman–Crippen LogP) is 5.69. The van der Waals surface area contributed by atoms with E-state index < -0.39 is 12.1 Å². The van der Waals surface area contributed by atoms with Gasteiger partial charge in [-0.3, -0.25) is 4.79 Å². The first-order chi connectivity index (χ1) is 18.7. The van der Waals surface area contributed by atoms with Crippen LogP contribution in [0.25, 0.3) is 0 Å². The summed E-state index contributed by atoms with van der Waals surface area (Å²) in [6.45, 7) is 6.47. The molecule has 0 saturated carbocycles. The van der Waals surface area contributed by atoms with Crippen molar-refractivity contribution in [2.45, 2.75) is 58.0 Å². The molecule has 212 valence electrons. The second-order valence-corrected chi connectivity index (χ2v) is 10.5. The van der Waals surface area contributed by atoms with Crippen molar-refractivity contribution >= 4 is 29.2 Å². The predicted molar refractivity (Wildman–Crippen MR) is 156 cm³/mol. The second kappa shape index (κ2) is 14.9. The molecule has 39 heavy (non-hydrogen) atoms. The topological polar surface area (TPSA) is 79.3 Å². The van der Waals surface area contributed by atoms with Crippen molar-refractivity contribution in [3.05, 3.63) is 70.3 Å². The SMILES string of the molecule is CCCc1cc(Cl)ccc1C1COc2ccc(C(O)C(=O)OC)cc2N(CCC/C=C\CCN(C)C(C)=O)C1. The third-order valence-electron chi connectivity index (χ3n) is 7.14. The van der Waals surface area contributed by atoms with Crippen molar-refractivity contribution in [3.63, 3.8) is 0 Å². The normalized spacial score (nSPS) is 15.8. The van der Waals surface area contributed by atoms with Gasteiger partial charge in [0.25, 0.3) is 0 Å². The number of allylic oxidation sites excluding steroid dienone is 1. The number of hydrogen-bond donors (Lipinski definition) is 1. The van der Waals surface area contributed by atoms with Gasteiger partial charge in [0.1, 0.15) is 5.75 Å². The van der Waals surface area contributed by atoms with Crippen LogP contribution in [0.5, 0.6) is 5.75 Å². The van der Waals surface area contributed by atoms with Gasteiger partial charge >= 0.3 is 5.97 Å². The fourth-order valence-electron chi connectivity index (χ4n) is 4.85. The number of unbranched alkanes of at least 4 members (excludes halogenated alkanes) is 1. The summed E-state index contributed by atoms with van der Waals surface area (Å²) in [5, 5.41) is 11.2. The second-order valence-electron chi connectivity index (χ2n) is 10.0. The van der Waals surface area contributed by atoms with Gasteiger partial charge < -0.3 is 24.4 Å². The fraction of sp³-hybridized carbons (Fsp3) is 0.484. The molecule has 1 heterocycles. The molecule has 0 spiro atoms. The minimum atomic E-state index is -1.36. The van der Waals surface area contributed by atoms with Crippen LogP contribution in [-0.2, 0) is 20.7 Å². The van der Waals surface area contributed by atoms with Crippen LogP contribution >= 0.6 is 11.6 Å². The highest BCUT2D eigenvalue weighted by Gasteiger charge is 2.28. The number of fused-ring (bicyclic) bond motifs is 1. The maximum Gasteiger partial charge on any atom is 0.339 e. The van der Waals surface area contributed by atoms with Crippen LogP contribution in [0.3, 0.4) is 0 Å². The number of methoxy groups -OCH3 is 1. The number of aryl methyl sites for hydroxylation is 1. The number of carbonyl (C=O) groups is 2. The van der Waals surface area contributed by atoms with Crippen LogP contribution in [0.15, 0.2) is 48.6 Å². The largest absolute Gasteiger partial charge is 0.491 e. The molecule has 0 saturated heterocycles. The summed E-state index contributed by atoms with van der Waals surface area (Å²) in [4.78, 5) is 27.4. The molecular weight excluding hydrogens is 516 g/mol. The average molecular weight is 557 g/mol. The molecule has 3 rings (SSSR count). The minimum Gasteiger partial charge on any atom is -0.491 e. The molecule has 0 fully saturated rings. The summed E-state index contributed by atoms with van der Waals surface area (Å²) in [5.41, 5.74) is 3.81. The lowest BCUT2D eigenvalue weighted by Gasteiger charge is -2.28. The van der Waals surface area contributed by atoms with E-state index in [1.165, 1.54) is 18.2 Å². The van der Waals surface area contributed by atoms with E-state index >= 15 is 0 Å². The first-order valence-electron chi connectivity index (χ1n) is 13.7. The van der Waals surface area contributed by atoms with Crippen molar-refractivity contribution in [3.8, 4) is 5.75 Å². The highest BCUT2D eigenvalue weighted by Crippen LogP contribution is 2.38. The molecule has 1 aliphatic heterocycles. The van der Waals surface area contributed by atoms with Gasteiger partial charge in [-0.25, -0.2) is 4.79 Å². The lowest BCUT2D eigenvalue weighted by Crippen LogP contribution is -2.30. The molecule has 0 aliphatic carbocycles. The molecule has 2 aromatic rings. The van der Waals surface area contributed by atoms with Crippen LogP contribution < -0.4 is 9.64 Å². The molecule has 0 radical (unpaired) electrons.